The number of nitrogens with zero attached hydrogens (tertiary/aromatic N) is 6. The largest absolute Gasteiger partial charge is 0.320 e. The Bertz CT molecular complexity index is 1990. The van der Waals surface area contributed by atoms with E-state index < -0.39 is 5.56 Å². The monoisotopic (exact) mass is 551 g/mol. The molecule has 1 atom stereocenters. The van der Waals surface area contributed by atoms with E-state index in [2.05, 4.69) is 25.6 Å². The fourth-order valence-electron chi connectivity index (χ4n) is 4.77. The number of aryl methyl sites for hydroxylation is 1. The zero-order valence-electron chi connectivity index (χ0n) is 22.6. The summed E-state index contributed by atoms with van der Waals surface area (Å²) in [7, 11) is 0. The van der Waals surface area contributed by atoms with Crippen molar-refractivity contribution in [3.8, 4) is 17.1 Å². The van der Waals surface area contributed by atoms with Crippen molar-refractivity contribution in [1.29, 1.82) is 0 Å². The topological polar surface area (TPSA) is 121 Å². The van der Waals surface area contributed by atoms with Crippen LogP contribution in [0.1, 0.15) is 31.4 Å². The molecule has 0 unspecified atom stereocenters. The number of pyridine rings is 1. The van der Waals surface area contributed by atoms with E-state index in [-0.39, 0.29) is 29.9 Å². The number of fused-ring (bicyclic) bond motifs is 2. The number of carbonyl (C=O) groups is 1. The third kappa shape index (κ3) is 4.86. The minimum absolute atomic E-state index is 0.0846. The summed E-state index contributed by atoms with van der Waals surface area (Å²) < 4.78 is 22.2. The van der Waals surface area contributed by atoms with Crippen LogP contribution in [0, 0.1) is 18.7 Å². The highest BCUT2D eigenvalue weighted by atomic mass is 19.1. The molecule has 0 radical (unpaired) electrons. The van der Waals surface area contributed by atoms with Crippen molar-refractivity contribution < 1.29 is 13.8 Å². The average molecular weight is 552 g/mol. The molecule has 0 bridgehead atoms. The number of hydrogen-bond donors (Lipinski definition) is 1. The number of halogens is 1. The minimum Gasteiger partial charge on any atom is -0.320 e. The van der Waals surface area contributed by atoms with Gasteiger partial charge in [0.2, 0.25) is 5.91 Å². The van der Waals surface area contributed by atoms with Gasteiger partial charge in [0, 0.05) is 29.3 Å². The van der Waals surface area contributed by atoms with Crippen LogP contribution >= 0.6 is 0 Å². The van der Waals surface area contributed by atoms with E-state index in [1.54, 1.807) is 43.6 Å². The van der Waals surface area contributed by atoms with Gasteiger partial charge < -0.3 is 9.88 Å². The van der Waals surface area contributed by atoms with E-state index in [0.717, 1.165) is 27.7 Å². The number of benzene rings is 2. The normalized spacial score (nSPS) is 12.2. The Morgan fingerprint density at radius 2 is 1.90 bits per heavy atom. The van der Waals surface area contributed by atoms with Gasteiger partial charge in [0.15, 0.2) is 0 Å². The summed E-state index contributed by atoms with van der Waals surface area (Å²) in [6.45, 7) is 5.75. The van der Waals surface area contributed by atoms with Crippen LogP contribution in [0.5, 0.6) is 0 Å². The molecule has 11 heteroatoms. The number of amides is 1. The zero-order valence-corrected chi connectivity index (χ0v) is 22.6. The molecule has 6 rings (SSSR count). The number of hydrogen-bond acceptors (Lipinski definition) is 7. The van der Waals surface area contributed by atoms with Crippen LogP contribution in [0.3, 0.4) is 0 Å². The molecule has 0 fully saturated rings. The zero-order chi connectivity index (χ0) is 28.7. The molecule has 0 aliphatic rings. The van der Waals surface area contributed by atoms with E-state index in [9.17, 15) is 14.0 Å². The van der Waals surface area contributed by atoms with Gasteiger partial charge in [-0.3, -0.25) is 19.1 Å². The summed E-state index contributed by atoms with van der Waals surface area (Å²) >= 11 is 0. The molecule has 1 N–H and O–H groups in total. The van der Waals surface area contributed by atoms with Crippen LogP contribution in [0.2, 0.25) is 0 Å². The fourth-order valence-corrected chi connectivity index (χ4v) is 4.77. The Kier molecular flexibility index (Phi) is 6.62. The maximum Gasteiger partial charge on any atom is 0.277 e. The molecular formula is C30H26FN7O3. The second-order valence-electron chi connectivity index (χ2n) is 10.0. The maximum absolute atomic E-state index is 13.9. The first-order valence-corrected chi connectivity index (χ1v) is 13.2. The van der Waals surface area contributed by atoms with Crippen molar-refractivity contribution in [3.05, 3.63) is 94.5 Å². The third-order valence-electron chi connectivity index (χ3n) is 7.24. The van der Waals surface area contributed by atoms with Crippen LogP contribution in [0.15, 0.2) is 76.7 Å². The lowest BCUT2D eigenvalue weighted by Crippen LogP contribution is -2.30. The molecule has 0 spiro atoms. The van der Waals surface area contributed by atoms with Crippen molar-refractivity contribution in [2.24, 2.45) is 5.92 Å². The highest BCUT2D eigenvalue weighted by molar-refractivity contribution is 5.92. The van der Waals surface area contributed by atoms with E-state index in [1.807, 2.05) is 30.7 Å². The van der Waals surface area contributed by atoms with Crippen molar-refractivity contribution >= 4 is 33.5 Å². The van der Waals surface area contributed by atoms with Gasteiger partial charge >= 0.3 is 0 Å². The summed E-state index contributed by atoms with van der Waals surface area (Å²) in [5.74, 6) is -0.441. The molecule has 0 aliphatic carbocycles. The summed E-state index contributed by atoms with van der Waals surface area (Å²) in [6, 6.07) is 11.8. The van der Waals surface area contributed by atoms with Gasteiger partial charge in [-0.05, 0) is 77.2 Å². The van der Waals surface area contributed by atoms with Gasteiger partial charge in [0.1, 0.15) is 28.4 Å². The van der Waals surface area contributed by atoms with Gasteiger partial charge in [-0.25, -0.2) is 14.0 Å². The molecule has 1 amide bonds. The van der Waals surface area contributed by atoms with Crippen molar-refractivity contribution in [2.45, 2.75) is 33.7 Å². The molecule has 10 nitrogen and oxygen atoms in total. The number of aromatic nitrogens is 6. The van der Waals surface area contributed by atoms with Crippen molar-refractivity contribution in [1.82, 2.24) is 29.4 Å². The Morgan fingerprint density at radius 3 is 2.73 bits per heavy atom. The van der Waals surface area contributed by atoms with Gasteiger partial charge in [0.25, 0.3) is 5.56 Å². The summed E-state index contributed by atoms with van der Waals surface area (Å²) in [5, 5.41) is 11.3. The standard InChI is InChI=1S/C30H26FN7O3/c1-4-17(2)29(39)34-26-14-33-28(20-5-7-24-25(10-20)36-41-35-24)38(30(26)40)16-19-9-22(13-32-12-19)37-15-18(3)23-11-21(31)6-8-27(23)37/h5-15,17H,4,16H2,1-3H3,(H,34,39)/t17-/m1/s1. The van der Waals surface area contributed by atoms with Crippen molar-refractivity contribution in [2.75, 3.05) is 5.32 Å². The molecule has 4 heterocycles. The van der Waals surface area contributed by atoms with Gasteiger partial charge in [-0.15, -0.1) is 0 Å². The van der Waals surface area contributed by atoms with E-state index in [1.165, 1.54) is 22.9 Å². The predicted octanol–water partition coefficient (Wildman–Crippen LogP) is 5.27. The minimum atomic E-state index is -0.409. The van der Waals surface area contributed by atoms with Gasteiger partial charge in [-0.2, -0.15) is 0 Å². The van der Waals surface area contributed by atoms with Gasteiger partial charge in [0.05, 0.1) is 30.1 Å². The summed E-state index contributed by atoms with van der Waals surface area (Å²) in [6.07, 6.45) is 7.32. The quantitative estimate of drug-likeness (QED) is 0.287. The first-order chi connectivity index (χ1) is 19.8. The lowest BCUT2D eigenvalue weighted by Gasteiger charge is -2.16. The van der Waals surface area contributed by atoms with Crippen molar-refractivity contribution in [3.63, 3.8) is 0 Å². The smallest absolute Gasteiger partial charge is 0.277 e. The molecule has 0 aliphatic heterocycles. The molecule has 41 heavy (non-hydrogen) atoms. The van der Waals surface area contributed by atoms with Crippen LogP contribution in [-0.2, 0) is 11.3 Å². The fraction of sp³-hybridized carbons (Fsp3) is 0.200. The Labute approximate surface area is 233 Å². The third-order valence-corrected chi connectivity index (χ3v) is 7.24. The summed E-state index contributed by atoms with van der Waals surface area (Å²) in [4.78, 5) is 35.4. The second kappa shape index (κ2) is 10.4. The van der Waals surface area contributed by atoms with Crippen LogP contribution in [0.25, 0.3) is 39.0 Å². The Hall–Kier alpha value is -5.19. The average Bonchev–Trinajstić information content (AvgIpc) is 3.58. The van der Waals surface area contributed by atoms with E-state index >= 15 is 0 Å². The highest BCUT2D eigenvalue weighted by Gasteiger charge is 2.18. The molecule has 0 saturated heterocycles. The molecule has 2 aromatic carbocycles. The lowest BCUT2D eigenvalue weighted by molar-refractivity contribution is -0.119. The molecular weight excluding hydrogens is 525 g/mol. The van der Waals surface area contributed by atoms with Crippen LogP contribution in [0.4, 0.5) is 10.1 Å². The Morgan fingerprint density at radius 1 is 1.07 bits per heavy atom. The molecule has 6 aromatic rings. The number of carbonyl (C=O) groups excluding carboxylic acids is 1. The first-order valence-electron chi connectivity index (χ1n) is 13.2. The highest BCUT2D eigenvalue weighted by Crippen LogP contribution is 2.26. The van der Waals surface area contributed by atoms with Crippen LogP contribution in [-0.4, -0.2) is 35.3 Å². The summed E-state index contributed by atoms with van der Waals surface area (Å²) in [5.41, 5.74) is 4.65. The second-order valence-corrected chi connectivity index (χ2v) is 10.0. The van der Waals surface area contributed by atoms with E-state index in [0.29, 0.717) is 28.8 Å². The first kappa shape index (κ1) is 26.1. The maximum atomic E-state index is 13.9. The van der Waals surface area contributed by atoms with Gasteiger partial charge in [-0.1, -0.05) is 13.8 Å². The molecule has 4 aromatic heterocycles. The molecule has 0 saturated carbocycles. The number of nitrogens with one attached hydrogen (secondary N) is 1. The number of anilines is 1. The molecule has 206 valence electrons. The van der Waals surface area contributed by atoms with Crippen LogP contribution < -0.4 is 10.9 Å². The predicted molar refractivity (Wildman–Crippen MR) is 152 cm³/mol. The lowest BCUT2D eigenvalue weighted by atomic mass is 10.1. The Balaban J connectivity index is 1.44. The number of rotatable bonds is 7. The van der Waals surface area contributed by atoms with E-state index in [4.69, 9.17) is 4.63 Å². The SMILES string of the molecule is CC[C@@H](C)C(=O)Nc1cnc(-c2ccc3nonc3c2)n(Cc2cncc(-n3cc(C)c4cc(F)ccc43)c2)c1=O.